The third kappa shape index (κ3) is 9.96. The molecule has 5 rings (SSSR count). The summed E-state index contributed by atoms with van der Waals surface area (Å²) in [5, 5.41) is 8.49. The Morgan fingerprint density at radius 2 is 1.19 bits per heavy atom. The fourth-order valence-corrected chi connectivity index (χ4v) is 6.16. The van der Waals surface area contributed by atoms with Crippen molar-refractivity contribution in [3.8, 4) is 0 Å². The first-order valence-corrected chi connectivity index (χ1v) is 16.5. The maximum absolute atomic E-state index is 13.2. The number of hydrogen-bond donors (Lipinski definition) is 6. The van der Waals surface area contributed by atoms with Crippen molar-refractivity contribution in [2.45, 2.75) is 38.5 Å². The number of amides is 4. The maximum Gasteiger partial charge on any atom is 0.312 e. The maximum atomic E-state index is 13.2. The van der Waals surface area contributed by atoms with Crippen LogP contribution in [0.15, 0.2) is 53.8 Å². The number of guanidine groups is 1. The minimum atomic E-state index is -0.503. The summed E-state index contributed by atoms with van der Waals surface area (Å²) in [6.45, 7) is 6.64. The van der Waals surface area contributed by atoms with Crippen LogP contribution in [-0.2, 0) is 25.7 Å². The molecule has 0 atom stereocenters. The first kappa shape index (κ1) is 34.3. The van der Waals surface area contributed by atoms with Gasteiger partial charge in [-0.05, 0) is 98.1 Å². The number of aromatic nitrogens is 2. The van der Waals surface area contributed by atoms with Crippen molar-refractivity contribution < 1.29 is 14.4 Å². The molecule has 0 aliphatic carbocycles. The second kappa shape index (κ2) is 16.7. The van der Waals surface area contributed by atoms with E-state index in [2.05, 4.69) is 52.8 Å². The largest absolute Gasteiger partial charge is 0.370 e. The van der Waals surface area contributed by atoms with E-state index in [1.807, 2.05) is 24.3 Å². The second-order valence-electron chi connectivity index (χ2n) is 12.2. The molecule has 2 aliphatic heterocycles. The van der Waals surface area contributed by atoms with Crippen LogP contribution in [0.2, 0.25) is 0 Å². The lowest BCUT2D eigenvalue weighted by atomic mass is 10.0. The van der Waals surface area contributed by atoms with Gasteiger partial charge in [0.15, 0.2) is 5.96 Å². The van der Waals surface area contributed by atoms with E-state index in [1.54, 1.807) is 0 Å². The van der Waals surface area contributed by atoms with Crippen molar-refractivity contribution in [3.05, 3.63) is 82.4 Å². The summed E-state index contributed by atoms with van der Waals surface area (Å²) < 4.78 is 0. The van der Waals surface area contributed by atoms with Gasteiger partial charge in [-0.1, -0.05) is 12.1 Å². The third-order valence-corrected chi connectivity index (χ3v) is 8.73. The molecule has 3 aromatic rings. The monoisotopic (exact) mass is 655 g/mol. The van der Waals surface area contributed by atoms with Crippen molar-refractivity contribution in [2.75, 3.05) is 63.0 Å². The molecule has 254 valence electrons. The summed E-state index contributed by atoms with van der Waals surface area (Å²) in [5.74, 6) is -0.716. The van der Waals surface area contributed by atoms with E-state index in [-0.39, 0.29) is 17.3 Å². The molecule has 0 bridgehead atoms. The number of urea groups is 1. The summed E-state index contributed by atoms with van der Waals surface area (Å²) in [6.07, 6.45) is 6.50. The minimum Gasteiger partial charge on any atom is -0.370 e. The van der Waals surface area contributed by atoms with E-state index < -0.39 is 17.8 Å². The van der Waals surface area contributed by atoms with Gasteiger partial charge in [-0.2, -0.15) is 0 Å². The number of nitrogens with one attached hydrogen (secondary N) is 3. The van der Waals surface area contributed by atoms with Gasteiger partial charge < -0.3 is 43.0 Å². The van der Waals surface area contributed by atoms with Crippen LogP contribution < -0.4 is 33.2 Å². The molecular formula is C34H45N11O3. The van der Waals surface area contributed by atoms with Gasteiger partial charge in [-0.25, -0.2) is 14.8 Å². The Labute approximate surface area is 280 Å². The molecule has 2 aromatic carbocycles. The number of anilines is 2. The van der Waals surface area contributed by atoms with E-state index >= 15 is 0 Å². The molecule has 4 amide bonds. The molecular weight excluding hydrogens is 610 g/mol. The average Bonchev–Trinajstić information content (AvgIpc) is 3.40. The van der Waals surface area contributed by atoms with Crippen LogP contribution >= 0.6 is 0 Å². The molecule has 0 saturated carbocycles. The Balaban J connectivity index is 1.14. The number of benzene rings is 2. The van der Waals surface area contributed by atoms with Gasteiger partial charge in [-0.3, -0.25) is 14.6 Å². The summed E-state index contributed by atoms with van der Waals surface area (Å²) in [6, 6.07) is 12.8. The predicted molar refractivity (Wildman–Crippen MR) is 186 cm³/mol. The molecule has 0 radical (unpaired) electrons. The van der Waals surface area contributed by atoms with Gasteiger partial charge in [0.1, 0.15) is 17.7 Å². The fourth-order valence-electron chi connectivity index (χ4n) is 6.16. The van der Waals surface area contributed by atoms with E-state index in [9.17, 15) is 14.4 Å². The van der Waals surface area contributed by atoms with Crippen molar-refractivity contribution >= 4 is 35.2 Å². The van der Waals surface area contributed by atoms with Crippen LogP contribution in [0.25, 0.3) is 0 Å². The molecule has 0 saturated heterocycles. The smallest absolute Gasteiger partial charge is 0.312 e. The van der Waals surface area contributed by atoms with Crippen LogP contribution in [0.4, 0.5) is 16.2 Å². The molecule has 3 heterocycles. The zero-order valence-electron chi connectivity index (χ0n) is 27.2. The number of fused-ring (bicyclic) bond motifs is 2. The Morgan fingerprint density at radius 3 is 1.69 bits per heavy atom. The molecule has 0 unspecified atom stereocenters. The van der Waals surface area contributed by atoms with E-state index in [1.165, 1.54) is 34.6 Å². The van der Waals surface area contributed by atoms with Crippen LogP contribution in [0.3, 0.4) is 0 Å². The number of carbonyl (C=O) groups excluding carboxylic acids is 3. The Bertz CT molecular complexity index is 1640. The number of nitrogens with two attached hydrogens (primary N) is 3. The highest BCUT2D eigenvalue weighted by Crippen LogP contribution is 2.23. The first-order chi connectivity index (χ1) is 23.2. The molecule has 48 heavy (non-hydrogen) atoms. The number of rotatable bonds is 12. The standard InChI is InChI=1S/C34H45N11O3/c35-33(36)38-11-1-13-44-15-7-23-3-5-27(19-25(23)9-17-44)42-31(46)29-21-30(41-22-40-29)32(47)43-28-6-4-24-8-16-45(18-10-26(24)20-28)14-2-12-39-34(37)48/h3-6,19-22H,1-2,7-18H2,(H,42,46)(H,43,47)(H4,35,36,38)(H3,37,39,48). The van der Waals surface area contributed by atoms with Crippen molar-refractivity contribution in [3.63, 3.8) is 0 Å². The van der Waals surface area contributed by atoms with Gasteiger partial charge in [0.2, 0.25) is 0 Å². The number of carbonyl (C=O) groups is 3. The molecule has 1 aromatic heterocycles. The number of aliphatic imine (C=N–C) groups is 1. The molecule has 0 fully saturated rings. The highest BCUT2D eigenvalue weighted by molar-refractivity contribution is 6.07. The van der Waals surface area contributed by atoms with E-state index in [0.29, 0.717) is 24.5 Å². The van der Waals surface area contributed by atoms with Crippen molar-refractivity contribution in [2.24, 2.45) is 22.2 Å². The summed E-state index contributed by atoms with van der Waals surface area (Å²) in [4.78, 5) is 54.3. The summed E-state index contributed by atoms with van der Waals surface area (Å²) >= 11 is 0. The summed E-state index contributed by atoms with van der Waals surface area (Å²) in [5.41, 5.74) is 22.4. The summed E-state index contributed by atoms with van der Waals surface area (Å²) in [7, 11) is 0. The Morgan fingerprint density at radius 1 is 0.688 bits per heavy atom. The van der Waals surface area contributed by atoms with Gasteiger partial charge in [-0.15, -0.1) is 0 Å². The van der Waals surface area contributed by atoms with E-state index in [4.69, 9.17) is 17.2 Å². The quantitative estimate of drug-likeness (QED) is 0.0947. The second-order valence-corrected chi connectivity index (χ2v) is 12.2. The number of hydrogen-bond acceptors (Lipinski definition) is 8. The highest BCUT2D eigenvalue weighted by atomic mass is 16.2. The van der Waals surface area contributed by atoms with E-state index in [0.717, 1.165) is 77.8 Å². The SMILES string of the molecule is NC(=O)NCCCN1CCc2ccc(NC(=O)c3cc(C(=O)Nc4ccc5c(c4)CCN(CCCN=C(N)N)CC5)ncn3)cc2CC1. The van der Waals surface area contributed by atoms with Crippen LogP contribution in [0, 0.1) is 0 Å². The van der Waals surface area contributed by atoms with Gasteiger partial charge >= 0.3 is 6.03 Å². The Hall–Kier alpha value is -5.08. The number of nitrogens with zero attached hydrogens (tertiary/aromatic N) is 5. The molecule has 2 aliphatic rings. The van der Waals surface area contributed by atoms with Crippen LogP contribution in [0.1, 0.15) is 56.1 Å². The zero-order valence-corrected chi connectivity index (χ0v) is 27.2. The molecule has 0 spiro atoms. The average molecular weight is 656 g/mol. The first-order valence-electron chi connectivity index (χ1n) is 16.5. The van der Waals surface area contributed by atoms with Crippen LogP contribution in [0.5, 0.6) is 0 Å². The Kier molecular flexibility index (Phi) is 11.9. The molecule has 14 heteroatoms. The molecule has 9 N–H and O–H groups in total. The lowest BCUT2D eigenvalue weighted by Gasteiger charge is -2.19. The molecule has 14 nitrogen and oxygen atoms in total. The van der Waals surface area contributed by atoms with Gasteiger partial charge in [0.05, 0.1) is 0 Å². The van der Waals surface area contributed by atoms with Crippen LogP contribution in [-0.4, -0.2) is 95.9 Å². The van der Waals surface area contributed by atoms with Crippen molar-refractivity contribution in [1.29, 1.82) is 0 Å². The number of primary amides is 1. The minimum absolute atomic E-state index is 0.0997. The van der Waals surface area contributed by atoms with Gasteiger partial charge in [0, 0.05) is 56.7 Å². The fraction of sp³-hybridized carbons (Fsp3) is 0.412. The van der Waals surface area contributed by atoms with Gasteiger partial charge in [0.25, 0.3) is 11.8 Å². The predicted octanol–water partition coefficient (Wildman–Crippen LogP) is 1.50. The lowest BCUT2D eigenvalue weighted by molar-refractivity contribution is 0.102. The normalized spacial score (nSPS) is 14.8. The highest BCUT2D eigenvalue weighted by Gasteiger charge is 2.18. The lowest BCUT2D eigenvalue weighted by Crippen LogP contribution is -2.33. The third-order valence-electron chi connectivity index (χ3n) is 8.73. The zero-order chi connectivity index (χ0) is 33.9. The topological polar surface area (TPSA) is 210 Å². The van der Waals surface area contributed by atoms with Crippen molar-refractivity contribution in [1.82, 2.24) is 25.1 Å².